The molecule has 1 aromatic carbocycles. The zero-order chi connectivity index (χ0) is 13.5. The molecule has 2 atom stereocenters. The lowest BCUT2D eigenvalue weighted by molar-refractivity contribution is -0.122. The Balaban J connectivity index is 2.67. The normalized spacial score (nSPS) is 13.2. The second kappa shape index (κ2) is 6.65. The molecule has 1 rings (SSSR count). The summed E-state index contributed by atoms with van der Waals surface area (Å²) in [5.74, 6) is -0.0582. The summed E-state index contributed by atoms with van der Waals surface area (Å²) in [7, 11) is 0. The van der Waals surface area contributed by atoms with Gasteiger partial charge < -0.3 is 10.6 Å². The van der Waals surface area contributed by atoms with Gasteiger partial charge in [-0.1, -0.05) is 19.1 Å². The predicted molar refractivity (Wildman–Crippen MR) is 72.1 cm³/mol. The molecule has 0 fully saturated rings. The number of nitrogens with zero attached hydrogens (tertiary/aromatic N) is 1. The van der Waals surface area contributed by atoms with Gasteiger partial charge >= 0.3 is 0 Å². The van der Waals surface area contributed by atoms with Crippen molar-refractivity contribution in [1.29, 1.82) is 5.26 Å². The molecule has 0 saturated carbocycles. The minimum Gasteiger partial charge on any atom is -0.373 e. The van der Waals surface area contributed by atoms with Crippen LogP contribution in [0, 0.1) is 11.3 Å². The van der Waals surface area contributed by atoms with Crippen LogP contribution in [0.2, 0.25) is 0 Å². The van der Waals surface area contributed by atoms with Crippen molar-refractivity contribution in [2.45, 2.75) is 39.3 Å². The van der Waals surface area contributed by atoms with Gasteiger partial charge in [0.25, 0.3) is 0 Å². The molecule has 4 nitrogen and oxygen atoms in total. The maximum Gasteiger partial charge on any atom is 0.242 e. The maximum absolute atomic E-state index is 11.9. The van der Waals surface area contributed by atoms with E-state index in [4.69, 9.17) is 5.26 Å². The van der Waals surface area contributed by atoms with Crippen molar-refractivity contribution in [3.8, 4) is 6.07 Å². The van der Waals surface area contributed by atoms with Gasteiger partial charge in [0.2, 0.25) is 5.91 Å². The van der Waals surface area contributed by atoms with Crippen LogP contribution in [0.15, 0.2) is 24.3 Å². The molecule has 0 heterocycles. The molecule has 0 aromatic heterocycles. The van der Waals surface area contributed by atoms with E-state index in [1.54, 1.807) is 25.1 Å². The Labute approximate surface area is 108 Å². The molecule has 0 saturated heterocycles. The lowest BCUT2D eigenvalue weighted by atomic mass is 10.1. The third-order valence-corrected chi connectivity index (χ3v) is 2.81. The van der Waals surface area contributed by atoms with Gasteiger partial charge in [-0.25, -0.2) is 0 Å². The number of benzene rings is 1. The quantitative estimate of drug-likeness (QED) is 0.836. The van der Waals surface area contributed by atoms with Crippen LogP contribution in [-0.4, -0.2) is 18.0 Å². The monoisotopic (exact) mass is 245 g/mol. The van der Waals surface area contributed by atoms with Crippen molar-refractivity contribution < 1.29 is 4.79 Å². The highest BCUT2D eigenvalue weighted by atomic mass is 16.2. The summed E-state index contributed by atoms with van der Waals surface area (Å²) in [6, 6.07) is 9.05. The Morgan fingerprint density at radius 2 is 2.06 bits per heavy atom. The van der Waals surface area contributed by atoms with Gasteiger partial charge in [0, 0.05) is 6.04 Å². The number of nitrogens with one attached hydrogen (secondary N) is 2. The summed E-state index contributed by atoms with van der Waals surface area (Å²) in [5, 5.41) is 14.9. The SMILES string of the molecule is CCC(C)NC(=O)C(C)Nc1ccccc1C#N. The predicted octanol–water partition coefficient (Wildman–Crippen LogP) is 2.27. The standard InChI is InChI=1S/C14H19N3O/c1-4-10(2)16-14(18)11(3)17-13-8-6-5-7-12(13)9-15/h5-8,10-11,17H,4H2,1-3H3,(H,16,18). The first kappa shape index (κ1) is 14.0. The first-order chi connectivity index (χ1) is 8.58. The van der Waals surface area contributed by atoms with Crippen molar-refractivity contribution in [2.75, 3.05) is 5.32 Å². The lowest BCUT2D eigenvalue weighted by Gasteiger charge is -2.18. The molecule has 2 unspecified atom stereocenters. The summed E-state index contributed by atoms with van der Waals surface area (Å²) in [6.45, 7) is 5.77. The van der Waals surface area contributed by atoms with E-state index in [1.165, 1.54) is 0 Å². The Hall–Kier alpha value is -2.02. The molecule has 1 amide bonds. The first-order valence-corrected chi connectivity index (χ1v) is 6.14. The minimum absolute atomic E-state index is 0.0582. The molecule has 0 aliphatic carbocycles. The number of anilines is 1. The molecule has 0 spiro atoms. The largest absolute Gasteiger partial charge is 0.373 e. The van der Waals surface area contributed by atoms with Crippen LogP contribution >= 0.6 is 0 Å². The number of carbonyl (C=O) groups excluding carboxylic acids is 1. The lowest BCUT2D eigenvalue weighted by Crippen LogP contribution is -2.41. The van der Waals surface area contributed by atoms with E-state index >= 15 is 0 Å². The fourth-order valence-corrected chi connectivity index (χ4v) is 1.48. The Bertz CT molecular complexity index is 451. The topological polar surface area (TPSA) is 64.9 Å². The van der Waals surface area contributed by atoms with Crippen LogP contribution < -0.4 is 10.6 Å². The highest BCUT2D eigenvalue weighted by Gasteiger charge is 2.15. The van der Waals surface area contributed by atoms with Crippen molar-refractivity contribution in [3.05, 3.63) is 29.8 Å². The van der Waals surface area contributed by atoms with Crippen molar-refractivity contribution in [1.82, 2.24) is 5.32 Å². The van der Waals surface area contributed by atoms with Crippen molar-refractivity contribution >= 4 is 11.6 Å². The molecule has 1 aromatic rings. The summed E-state index contributed by atoms with van der Waals surface area (Å²) >= 11 is 0. The van der Waals surface area contributed by atoms with E-state index in [0.29, 0.717) is 11.3 Å². The summed E-state index contributed by atoms with van der Waals surface area (Å²) < 4.78 is 0. The summed E-state index contributed by atoms with van der Waals surface area (Å²) in [6.07, 6.45) is 0.896. The fourth-order valence-electron chi connectivity index (χ4n) is 1.48. The number of carbonyl (C=O) groups is 1. The van der Waals surface area contributed by atoms with Crippen LogP contribution in [0.1, 0.15) is 32.8 Å². The summed E-state index contributed by atoms with van der Waals surface area (Å²) in [5.41, 5.74) is 1.23. The van der Waals surface area contributed by atoms with Gasteiger partial charge in [-0.3, -0.25) is 4.79 Å². The first-order valence-electron chi connectivity index (χ1n) is 6.14. The Morgan fingerprint density at radius 1 is 1.39 bits per heavy atom. The molecule has 18 heavy (non-hydrogen) atoms. The van der Waals surface area contributed by atoms with Crippen LogP contribution in [0.5, 0.6) is 0 Å². The molecular weight excluding hydrogens is 226 g/mol. The molecule has 0 bridgehead atoms. The number of hydrogen-bond donors (Lipinski definition) is 2. The third-order valence-electron chi connectivity index (χ3n) is 2.81. The van der Waals surface area contributed by atoms with Crippen LogP contribution in [0.25, 0.3) is 0 Å². The van der Waals surface area contributed by atoms with Crippen LogP contribution in [0.3, 0.4) is 0 Å². The highest BCUT2D eigenvalue weighted by molar-refractivity contribution is 5.84. The van der Waals surface area contributed by atoms with Gasteiger partial charge in [-0.15, -0.1) is 0 Å². The van der Waals surface area contributed by atoms with E-state index in [1.807, 2.05) is 19.9 Å². The average molecular weight is 245 g/mol. The maximum atomic E-state index is 11.9. The van der Waals surface area contributed by atoms with E-state index in [9.17, 15) is 4.79 Å². The molecule has 0 radical (unpaired) electrons. The number of rotatable bonds is 5. The minimum atomic E-state index is -0.367. The van der Waals surface area contributed by atoms with Crippen LogP contribution in [0.4, 0.5) is 5.69 Å². The van der Waals surface area contributed by atoms with Gasteiger partial charge in [0.1, 0.15) is 12.1 Å². The second-order valence-corrected chi connectivity index (χ2v) is 4.34. The summed E-state index contributed by atoms with van der Waals surface area (Å²) in [4.78, 5) is 11.9. The molecule has 2 N–H and O–H groups in total. The number of hydrogen-bond acceptors (Lipinski definition) is 3. The van der Waals surface area contributed by atoms with Gasteiger partial charge in [-0.2, -0.15) is 5.26 Å². The van der Waals surface area contributed by atoms with Gasteiger partial charge in [0.05, 0.1) is 11.3 Å². The third kappa shape index (κ3) is 3.77. The van der Waals surface area contributed by atoms with E-state index in [-0.39, 0.29) is 18.0 Å². The van der Waals surface area contributed by atoms with Crippen molar-refractivity contribution in [3.63, 3.8) is 0 Å². The Kier molecular flexibility index (Phi) is 5.19. The molecule has 4 heteroatoms. The van der Waals surface area contributed by atoms with Gasteiger partial charge in [0.15, 0.2) is 0 Å². The van der Waals surface area contributed by atoms with Crippen LogP contribution in [-0.2, 0) is 4.79 Å². The Morgan fingerprint density at radius 3 is 2.67 bits per heavy atom. The highest BCUT2D eigenvalue weighted by Crippen LogP contribution is 2.14. The molecule has 0 aliphatic rings. The number of para-hydroxylation sites is 1. The zero-order valence-electron chi connectivity index (χ0n) is 11.0. The molecular formula is C14H19N3O. The zero-order valence-corrected chi connectivity index (χ0v) is 11.0. The molecule has 0 aliphatic heterocycles. The van der Waals surface area contributed by atoms with E-state index in [0.717, 1.165) is 6.42 Å². The average Bonchev–Trinajstić information content (AvgIpc) is 2.39. The van der Waals surface area contributed by atoms with Gasteiger partial charge in [-0.05, 0) is 32.4 Å². The number of amides is 1. The van der Waals surface area contributed by atoms with E-state index in [2.05, 4.69) is 16.7 Å². The number of nitriles is 1. The fraction of sp³-hybridized carbons (Fsp3) is 0.429. The molecule has 96 valence electrons. The van der Waals surface area contributed by atoms with Crippen molar-refractivity contribution in [2.24, 2.45) is 0 Å². The smallest absolute Gasteiger partial charge is 0.242 e. The van der Waals surface area contributed by atoms with E-state index < -0.39 is 0 Å². The second-order valence-electron chi connectivity index (χ2n) is 4.34.